The third-order valence-corrected chi connectivity index (χ3v) is 2.57. The van der Waals surface area contributed by atoms with Gasteiger partial charge in [-0.1, -0.05) is 0 Å². The van der Waals surface area contributed by atoms with E-state index in [0.29, 0.717) is 11.7 Å². The molecule has 1 aliphatic rings. The zero-order chi connectivity index (χ0) is 10.7. The Morgan fingerprint density at radius 3 is 2.87 bits per heavy atom. The largest absolute Gasteiger partial charge is 0.474 e. The highest BCUT2D eigenvalue weighted by atomic mass is 16.5. The first-order chi connectivity index (χ1) is 7.25. The van der Waals surface area contributed by atoms with E-state index in [1.807, 2.05) is 0 Å². The molecule has 0 aliphatic carbocycles. The second-order valence-corrected chi connectivity index (χ2v) is 3.70. The third-order valence-electron chi connectivity index (χ3n) is 2.57. The summed E-state index contributed by atoms with van der Waals surface area (Å²) in [6.07, 6.45) is 4.26. The molecule has 0 bridgehead atoms. The second kappa shape index (κ2) is 4.44. The third kappa shape index (κ3) is 2.56. The Bertz CT molecular complexity index is 341. The molecule has 2 heterocycles. The fourth-order valence-corrected chi connectivity index (χ4v) is 1.74. The highest BCUT2D eigenvalue weighted by Crippen LogP contribution is 2.20. The molecule has 15 heavy (non-hydrogen) atoms. The van der Waals surface area contributed by atoms with Gasteiger partial charge in [0.05, 0.1) is 6.20 Å². The SMILES string of the molecule is O=C(O)c1ncc(CC2CCOCC2)o1. The van der Waals surface area contributed by atoms with Crippen molar-refractivity contribution in [2.24, 2.45) is 5.92 Å². The van der Waals surface area contributed by atoms with Gasteiger partial charge in [0.1, 0.15) is 5.76 Å². The Kier molecular flexibility index (Phi) is 3.01. The molecular formula is C10H13NO4. The van der Waals surface area contributed by atoms with Crippen LogP contribution in [-0.2, 0) is 11.2 Å². The van der Waals surface area contributed by atoms with Crippen molar-refractivity contribution in [1.29, 1.82) is 0 Å². The van der Waals surface area contributed by atoms with Gasteiger partial charge >= 0.3 is 11.9 Å². The first kappa shape index (κ1) is 10.2. The van der Waals surface area contributed by atoms with Crippen LogP contribution in [0, 0.1) is 5.92 Å². The maximum Gasteiger partial charge on any atom is 0.392 e. The van der Waals surface area contributed by atoms with Gasteiger partial charge < -0.3 is 14.3 Å². The van der Waals surface area contributed by atoms with Crippen LogP contribution >= 0.6 is 0 Å². The molecule has 1 fully saturated rings. The molecule has 1 N–H and O–H groups in total. The zero-order valence-corrected chi connectivity index (χ0v) is 8.31. The highest BCUT2D eigenvalue weighted by molar-refractivity contribution is 5.81. The minimum Gasteiger partial charge on any atom is -0.474 e. The monoisotopic (exact) mass is 211 g/mol. The van der Waals surface area contributed by atoms with Crippen molar-refractivity contribution >= 4 is 5.97 Å². The molecule has 0 radical (unpaired) electrons. The van der Waals surface area contributed by atoms with Gasteiger partial charge in [-0.3, -0.25) is 0 Å². The molecule has 0 atom stereocenters. The number of aromatic carboxylic acids is 1. The van der Waals surface area contributed by atoms with Crippen LogP contribution < -0.4 is 0 Å². The van der Waals surface area contributed by atoms with E-state index in [9.17, 15) is 4.79 Å². The van der Waals surface area contributed by atoms with Gasteiger partial charge in [0.2, 0.25) is 0 Å². The molecular weight excluding hydrogens is 198 g/mol. The maximum atomic E-state index is 10.5. The van der Waals surface area contributed by atoms with E-state index in [1.165, 1.54) is 6.20 Å². The number of carboxylic acids is 1. The van der Waals surface area contributed by atoms with Crippen molar-refractivity contribution in [2.45, 2.75) is 19.3 Å². The normalized spacial score (nSPS) is 17.9. The predicted octanol–water partition coefficient (Wildman–Crippen LogP) is 1.34. The number of nitrogens with zero attached hydrogens (tertiary/aromatic N) is 1. The molecule has 0 amide bonds. The van der Waals surface area contributed by atoms with Crippen LogP contribution in [0.2, 0.25) is 0 Å². The van der Waals surface area contributed by atoms with Crippen molar-refractivity contribution in [3.63, 3.8) is 0 Å². The summed E-state index contributed by atoms with van der Waals surface area (Å²) < 4.78 is 10.3. The quantitative estimate of drug-likeness (QED) is 0.816. The van der Waals surface area contributed by atoms with Crippen molar-refractivity contribution in [1.82, 2.24) is 4.98 Å². The lowest BCUT2D eigenvalue weighted by molar-refractivity contribution is 0.0620. The zero-order valence-electron chi connectivity index (χ0n) is 8.31. The molecule has 1 aromatic heterocycles. The van der Waals surface area contributed by atoms with Gasteiger partial charge in [0.15, 0.2) is 0 Å². The Labute approximate surface area is 87.1 Å². The van der Waals surface area contributed by atoms with Crippen LogP contribution in [0.1, 0.15) is 29.3 Å². The Balaban J connectivity index is 1.94. The predicted molar refractivity (Wildman–Crippen MR) is 50.7 cm³/mol. The summed E-state index contributed by atoms with van der Waals surface area (Å²) >= 11 is 0. The summed E-state index contributed by atoms with van der Waals surface area (Å²) in [4.78, 5) is 14.2. The van der Waals surface area contributed by atoms with E-state index in [2.05, 4.69) is 4.98 Å². The van der Waals surface area contributed by atoms with Crippen LogP contribution in [-0.4, -0.2) is 29.3 Å². The number of rotatable bonds is 3. The van der Waals surface area contributed by atoms with E-state index in [-0.39, 0.29) is 5.89 Å². The summed E-state index contributed by atoms with van der Waals surface area (Å²) in [6, 6.07) is 0. The molecule has 2 rings (SSSR count). The Hall–Kier alpha value is -1.36. The first-order valence-electron chi connectivity index (χ1n) is 5.01. The average Bonchev–Trinajstić information content (AvgIpc) is 2.68. The summed E-state index contributed by atoms with van der Waals surface area (Å²) in [5, 5.41) is 8.63. The molecule has 0 spiro atoms. The van der Waals surface area contributed by atoms with Crippen LogP contribution in [0.3, 0.4) is 0 Å². The smallest absolute Gasteiger partial charge is 0.392 e. The molecule has 1 saturated heterocycles. The van der Waals surface area contributed by atoms with Gasteiger partial charge in [-0.05, 0) is 18.8 Å². The number of ether oxygens (including phenoxy) is 1. The summed E-state index contributed by atoms with van der Waals surface area (Å²) in [5.41, 5.74) is 0. The molecule has 5 nitrogen and oxygen atoms in total. The number of oxazole rings is 1. The number of carbonyl (C=O) groups is 1. The Morgan fingerprint density at radius 2 is 2.27 bits per heavy atom. The summed E-state index contributed by atoms with van der Waals surface area (Å²) in [7, 11) is 0. The minimum absolute atomic E-state index is 0.225. The first-order valence-corrected chi connectivity index (χ1v) is 5.01. The van der Waals surface area contributed by atoms with Crippen molar-refractivity contribution in [2.75, 3.05) is 13.2 Å². The fourth-order valence-electron chi connectivity index (χ4n) is 1.74. The second-order valence-electron chi connectivity index (χ2n) is 3.70. The van der Waals surface area contributed by atoms with Crippen LogP contribution in [0.25, 0.3) is 0 Å². The van der Waals surface area contributed by atoms with Crippen molar-refractivity contribution in [3.05, 3.63) is 17.8 Å². The lowest BCUT2D eigenvalue weighted by Crippen LogP contribution is -2.17. The minimum atomic E-state index is -1.12. The number of aromatic nitrogens is 1. The topological polar surface area (TPSA) is 72.6 Å². The molecule has 5 heteroatoms. The average molecular weight is 211 g/mol. The Morgan fingerprint density at radius 1 is 1.53 bits per heavy atom. The molecule has 82 valence electrons. The maximum absolute atomic E-state index is 10.5. The number of hydrogen-bond donors (Lipinski definition) is 1. The molecule has 1 aliphatic heterocycles. The number of carboxylic acid groups (broad SMARTS) is 1. The van der Waals surface area contributed by atoms with E-state index >= 15 is 0 Å². The van der Waals surface area contributed by atoms with Gasteiger partial charge in [-0.25, -0.2) is 9.78 Å². The van der Waals surface area contributed by atoms with Gasteiger partial charge in [-0.2, -0.15) is 0 Å². The van der Waals surface area contributed by atoms with Crippen LogP contribution in [0.5, 0.6) is 0 Å². The summed E-state index contributed by atoms with van der Waals surface area (Å²) in [5.74, 6) is -0.169. The lowest BCUT2D eigenvalue weighted by atomic mass is 9.96. The van der Waals surface area contributed by atoms with Gasteiger partial charge in [0.25, 0.3) is 0 Å². The lowest BCUT2D eigenvalue weighted by Gasteiger charge is -2.20. The van der Waals surface area contributed by atoms with E-state index in [1.54, 1.807) is 0 Å². The van der Waals surface area contributed by atoms with Gasteiger partial charge in [0, 0.05) is 19.6 Å². The van der Waals surface area contributed by atoms with Crippen molar-refractivity contribution in [3.8, 4) is 0 Å². The van der Waals surface area contributed by atoms with E-state index in [0.717, 1.165) is 32.5 Å². The van der Waals surface area contributed by atoms with E-state index < -0.39 is 5.97 Å². The van der Waals surface area contributed by atoms with Crippen LogP contribution in [0.15, 0.2) is 10.6 Å². The standard InChI is InChI=1S/C10H13NO4/c12-10(13)9-11-6-8(15-9)5-7-1-3-14-4-2-7/h6-7H,1-5H2,(H,12,13). The van der Waals surface area contributed by atoms with Crippen LogP contribution in [0.4, 0.5) is 0 Å². The molecule has 0 saturated carbocycles. The highest BCUT2D eigenvalue weighted by Gasteiger charge is 2.18. The molecule has 1 aromatic rings. The van der Waals surface area contributed by atoms with Crippen molar-refractivity contribution < 1.29 is 19.1 Å². The molecule has 0 aromatic carbocycles. The van der Waals surface area contributed by atoms with E-state index in [4.69, 9.17) is 14.3 Å². The molecule has 0 unspecified atom stereocenters. The number of hydrogen-bond acceptors (Lipinski definition) is 4. The summed E-state index contributed by atoms with van der Waals surface area (Å²) in [6.45, 7) is 1.56. The fraction of sp³-hybridized carbons (Fsp3) is 0.600. The van der Waals surface area contributed by atoms with Gasteiger partial charge in [-0.15, -0.1) is 0 Å².